The molecular formula is C11H9BrO3. The van der Waals surface area contributed by atoms with Crippen molar-refractivity contribution in [2.45, 2.75) is 0 Å². The number of hydrogen-bond acceptors (Lipinski definition) is 3. The monoisotopic (exact) mass is 268 g/mol. The first-order valence-corrected chi connectivity index (χ1v) is 5.22. The molecule has 0 saturated carbocycles. The largest absolute Gasteiger partial charge is 0.497 e. The molecule has 2 rings (SSSR count). The normalized spacial score (nSPS) is 15.5. The summed E-state index contributed by atoms with van der Waals surface area (Å²) in [6.07, 6.45) is 0. The van der Waals surface area contributed by atoms with Crippen molar-refractivity contribution < 1.29 is 14.3 Å². The molecule has 0 N–H and O–H groups in total. The zero-order valence-electron chi connectivity index (χ0n) is 8.12. The molecule has 0 aromatic heterocycles. The fourth-order valence-corrected chi connectivity index (χ4v) is 1.96. The lowest BCUT2D eigenvalue weighted by Crippen LogP contribution is -1.99. The van der Waals surface area contributed by atoms with Gasteiger partial charge in [-0.05, 0) is 6.07 Å². The van der Waals surface area contributed by atoms with Crippen molar-refractivity contribution in [2.24, 2.45) is 0 Å². The Labute approximate surface area is 95.8 Å². The lowest BCUT2D eigenvalue weighted by molar-refractivity contribution is -0.134. The molecule has 0 aliphatic carbocycles. The fourth-order valence-electron chi connectivity index (χ4n) is 1.47. The summed E-state index contributed by atoms with van der Waals surface area (Å²) >= 11 is 3.39. The van der Waals surface area contributed by atoms with Crippen LogP contribution in [0.1, 0.15) is 5.56 Å². The number of esters is 1. The van der Waals surface area contributed by atoms with Gasteiger partial charge in [0.1, 0.15) is 17.9 Å². The van der Waals surface area contributed by atoms with Crippen molar-refractivity contribution in [3.63, 3.8) is 0 Å². The molecule has 0 radical (unpaired) electrons. The van der Waals surface area contributed by atoms with Gasteiger partial charge in [-0.15, -0.1) is 0 Å². The van der Waals surface area contributed by atoms with Crippen LogP contribution in [-0.4, -0.2) is 19.7 Å². The predicted molar refractivity (Wildman–Crippen MR) is 59.0 cm³/mol. The van der Waals surface area contributed by atoms with Crippen LogP contribution in [0.3, 0.4) is 0 Å². The molecule has 1 aromatic rings. The van der Waals surface area contributed by atoms with Gasteiger partial charge in [0.15, 0.2) is 0 Å². The molecule has 1 heterocycles. The van der Waals surface area contributed by atoms with E-state index >= 15 is 0 Å². The predicted octanol–water partition coefficient (Wildman–Crippen LogP) is 2.36. The van der Waals surface area contributed by atoms with E-state index in [-0.39, 0.29) is 12.6 Å². The third-order valence-electron chi connectivity index (χ3n) is 2.21. The minimum absolute atomic E-state index is 0.214. The molecule has 78 valence electrons. The highest BCUT2D eigenvalue weighted by molar-refractivity contribution is 9.10. The van der Waals surface area contributed by atoms with Gasteiger partial charge < -0.3 is 9.47 Å². The Morgan fingerprint density at radius 3 is 2.80 bits per heavy atom. The minimum atomic E-state index is -0.334. The first-order valence-electron chi connectivity index (χ1n) is 4.43. The molecule has 1 aliphatic heterocycles. The van der Waals surface area contributed by atoms with E-state index in [0.717, 1.165) is 10.0 Å². The molecule has 1 aromatic carbocycles. The van der Waals surface area contributed by atoms with Gasteiger partial charge in [0.25, 0.3) is 0 Å². The summed E-state index contributed by atoms with van der Waals surface area (Å²) in [5.41, 5.74) is 1.31. The second kappa shape index (κ2) is 4.06. The Bertz CT molecular complexity index is 437. The van der Waals surface area contributed by atoms with E-state index in [1.165, 1.54) is 7.11 Å². The number of carbonyl (C=O) groups is 1. The van der Waals surface area contributed by atoms with Gasteiger partial charge in [0.05, 0.1) is 7.11 Å². The summed E-state index contributed by atoms with van der Waals surface area (Å²) < 4.78 is 10.9. The zero-order valence-corrected chi connectivity index (χ0v) is 9.71. The minimum Gasteiger partial charge on any atom is -0.497 e. The van der Waals surface area contributed by atoms with Crippen molar-refractivity contribution >= 4 is 27.5 Å². The number of halogens is 1. The van der Waals surface area contributed by atoms with Gasteiger partial charge in [-0.2, -0.15) is 0 Å². The Balaban J connectivity index is 2.54. The van der Waals surface area contributed by atoms with Gasteiger partial charge in [-0.25, -0.2) is 4.79 Å². The topological polar surface area (TPSA) is 35.5 Å². The van der Waals surface area contributed by atoms with Crippen molar-refractivity contribution in [3.8, 4) is 0 Å². The van der Waals surface area contributed by atoms with E-state index in [9.17, 15) is 4.79 Å². The Morgan fingerprint density at radius 1 is 1.40 bits per heavy atom. The smallest absolute Gasteiger partial charge is 0.342 e. The Kier molecular flexibility index (Phi) is 2.77. The van der Waals surface area contributed by atoms with Crippen LogP contribution in [0.25, 0.3) is 5.57 Å². The van der Waals surface area contributed by atoms with E-state index in [1.54, 1.807) is 0 Å². The highest BCUT2D eigenvalue weighted by atomic mass is 79.9. The van der Waals surface area contributed by atoms with Crippen molar-refractivity contribution in [3.05, 3.63) is 40.1 Å². The quantitative estimate of drug-likeness (QED) is 0.773. The number of carbonyl (C=O) groups excluding carboxylic acids is 1. The van der Waals surface area contributed by atoms with Crippen LogP contribution in [0.4, 0.5) is 0 Å². The molecule has 1 aliphatic rings. The molecule has 0 fully saturated rings. The van der Waals surface area contributed by atoms with Crippen LogP contribution < -0.4 is 0 Å². The summed E-state index contributed by atoms with van der Waals surface area (Å²) in [6.45, 7) is 0.214. The lowest BCUT2D eigenvalue weighted by atomic mass is 10.1. The lowest BCUT2D eigenvalue weighted by Gasteiger charge is -2.04. The van der Waals surface area contributed by atoms with Crippen LogP contribution in [0.5, 0.6) is 0 Å². The molecule has 0 bridgehead atoms. The highest BCUT2D eigenvalue weighted by Gasteiger charge is 2.28. The summed E-state index contributed by atoms with van der Waals surface area (Å²) in [6, 6.07) is 7.49. The summed E-state index contributed by atoms with van der Waals surface area (Å²) in [4.78, 5) is 11.5. The average Bonchev–Trinajstić information content (AvgIpc) is 2.60. The first kappa shape index (κ1) is 10.2. The van der Waals surface area contributed by atoms with E-state index in [2.05, 4.69) is 15.9 Å². The van der Waals surface area contributed by atoms with Crippen molar-refractivity contribution in [2.75, 3.05) is 13.7 Å². The van der Waals surface area contributed by atoms with Crippen LogP contribution in [0.2, 0.25) is 0 Å². The molecule has 0 unspecified atom stereocenters. The maximum Gasteiger partial charge on any atom is 0.342 e. The number of methoxy groups -OCH3 is 1. The van der Waals surface area contributed by atoms with Gasteiger partial charge in [0, 0.05) is 10.0 Å². The SMILES string of the molecule is COC1=C(c2ccccc2Br)C(=O)OC1. The van der Waals surface area contributed by atoms with Gasteiger partial charge in [0.2, 0.25) is 0 Å². The van der Waals surface area contributed by atoms with Crippen LogP contribution in [-0.2, 0) is 14.3 Å². The number of rotatable bonds is 2. The number of hydrogen-bond donors (Lipinski definition) is 0. The molecule has 0 amide bonds. The summed E-state index contributed by atoms with van der Waals surface area (Å²) in [5.74, 6) is 0.241. The third kappa shape index (κ3) is 1.77. The second-order valence-electron chi connectivity index (χ2n) is 3.06. The van der Waals surface area contributed by atoms with Gasteiger partial charge in [-0.1, -0.05) is 34.1 Å². The molecular weight excluding hydrogens is 260 g/mol. The van der Waals surface area contributed by atoms with Crippen molar-refractivity contribution in [1.29, 1.82) is 0 Å². The molecule has 15 heavy (non-hydrogen) atoms. The molecule has 0 spiro atoms. The van der Waals surface area contributed by atoms with E-state index < -0.39 is 0 Å². The summed E-state index contributed by atoms with van der Waals surface area (Å²) in [5, 5.41) is 0. The molecule has 0 atom stereocenters. The number of ether oxygens (including phenoxy) is 2. The van der Waals surface area contributed by atoms with E-state index in [0.29, 0.717) is 11.3 Å². The summed E-state index contributed by atoms with van der Waals surface area (Å²) in [7, 11) is 1.54. The maximum atomic E-state index is 11.5. The first-order chi connectivity index (χ1) is 7.24. The number of cyclic esters (lactones) is 1. The third-order valence-corrected chi connectivity index (χ3v) is 2.90. The van der Waals surface area contributed by atoms with Gasteiger partial charge in [-0.3, -0.25) is 0 Å². The Morgan fingerprint density at radius 2 is 2.13 bits per heavy atom. The van der Waals surface area contributed by atoms with Crippen LogP contribution in [0.15, 0.2) is 34.5 Å². The van der Waals surface area contributed by atoms with Crippen LogP contribution >= 0.6 is 15.9 Å². The van der Waals surface area contributed by atoms with Crippen molar-refractivity contribution in [1.82, 2.24) is 0 Å². The van der Waals surface area contributed by atoms with E-state index in [1.807, 2.05) is 24.3 Å². The fraction of sp³-hybridized carbons (Fsp3) is 0.182. The highest BCUT2D eigenvalue weighted by Crippen LogP contribution is 2.31. The van der Waals surface area contributed by atoms with E-state index in [4.69, 9.17) is 9.47 Å². The second-order valence-corrected chi connectivity index (χ2v) is 3.91. The Hall–Kier alpha value is -1.29. The zero-order chi connectivity index (χ0) is 10.8. The molecule has 3 nitrogen and oxygen atoms in total. The average molecular weight is 269 g/mol. The molecule has 4 heteroatoms. The van der Waals surface area contributed by atoms with Crippen LogP contribution in [0, 0.1) is 0 Å². The maximum absolute atomic E-state index is 11.5. The standard InChI is InChI=1S/C11H9BrO3/c1-14-9-6-15-11(13)10(9)7-4-2-3-5-8(7)12/h2-5H,6H2,1H3. The van der Waals surface area contributed by atoms with Gasteiger partial charge >= 0.3 is 5.97 Å². The number of benzene rings is 1. The molecule has 0 saturated heterocycles.